The second kappa shape index (κ2) is 6.23. The third kappa shape index (κ3) is 3.56. The van der Waals surface area contributed by atoms with Crippen LogP contribution >= 0.6 is 0 Å². The van der Waals surface area contributed by atoms with Crippen LogP contribution in [0.15, 0.2) is 34.2 Å². The van der Waals surface area contributed by atoms with Gasteiger partial charge in [0.2, 0.25) is 0 Å². The first-order chi connectivity index (χ1) is 11.4. The lowest BCUT2D eigenvalue weighted by atomic mass is 10.2. The molecule has 1 aromatic rings. The molecule has 1 fully saturated rings. The first-order valence-electron chi connectivity index (χ1n) is 7.53. The van der Waals surface area contributed by atoms with Crippen molar-refractivity contribution in [2.45, 2.75) is 36.8 Å². The Labute approximate surface area is 139 Å². The standard InChI is InChI=1S/C15H17N3O5S/c1-9(15(20)17-10-6-7-10)23-13(19)8-16-14-11-4-2-3-5-12(11)24(21,22)18-14/h2-5,9-10H,6-8H2,1H3,(H,16,18)(H,17,20)/t9-/m0/s1. The van der Waals surface area contributed by atoms with Gasteiger partial charge in [0.15, 0.2) is 6.10 Å². The highest BCUT2D eigenvalue weighted by molar-refractivity contribution is 7.90. The van der Waals surface area contributed by atoms with Gasteiger partial charge in [0.05, 0.1) is 4.90 Å². The predicted molar refractivity (Wildman–Crippen MR) is 84.9 cm³/mol. The number of amidine groups is 1. The molecule has 1 aliphatic heterocycles. The lowest BCUT2D eigenvalue weighted by molar-refractivity contribution is -0.153. The molecular formula is C15H17N3O5S. The second-order valence-electron chi connectivity index (χ2n) is 5.68. The van der Waals surface area contributed by atoms with Gasteiger partial charge in [-0.05, 0) is 31.9 Å². The fourth-order valence-corrected chi connectivity index (χ4v) is 3.48. The van der Waals surface area contributed by atoms with Gasteiger partial charge in [-0.15, -0.1) is 0 Å². The van der Waals surface area contributed by atoms with E-state index >= 15 is 0 Å². The summed E-state index contributed by atoms with van der Waals surface area (Å²) in [4.78, 5) is 27.6. The molecule has 2 N–H and O–H groups in total. The third-order valence-electron chi connectivity index (χ3n) is 3.63. The zero-order valence-electron chi connectivity index (χ0n) is 13.0. The highest BCUT2D eigenvalue weighted by atomic mass is 32.2. The number of sulfonamides is 1. The smallest absolute Gasteiger partial charge is 0.328 e. The molecule has 0 bridgehead atoms. The van der Waals surface area contributed by atoms with Crippen LogP contribution in [-0.4, -0.2) is 44.8 Å². The molecule has 9 heteroatoms. The minimum Gasteiger partial charge on any atom is -0.451 e. The van der Waals surface area contributed by atoms with Gasteiger partial charge in [0, 0.05) is 11.6 Å². The molecule has 1 aromatic carbocycles. The number of nitrogens with zero attached hydrogens (tertiary/aromatic N) is 1. The molecule has 1 aliphatic carbocycles. The number of hydrogen-bond donors (Lipinski definition) is 2. The monoisotopic (exact) mass is 351 g/mol. The van der Waals surface area contributed by atoms with E-state index in [1.165, 1.54) is 13.0 Å². The molecule has 1 amide bonds. The molecule has 0 saturated heterocycles. The fourth-order valence-electron chi connectivity index (χ4n) is 2.23. The number of aliphatic imine (C=N–C) groups is 1. The maximum atomic E-state index is 11.9. The topological polar surface area (TPSA) is 114 Å². The minimum absolute atomic E-state index is 0.0950. The number of esters is 1. The van der Waals surface area contributed by atoms with E-state index in [0.717, 1.165) is 12.8 Å². The highest BCUT2D eigenvalue weighted by Gasteiger charge is 2.30. The molecule has 1 heterocycles. The van der Waals surface area contributed by atoms with Gasteiger partial charge in [-0.2, -0.15) is 0 Å². The Kier molecular flexibility index (Phi) is 4.27. The number of benzene rings is 1. The summed E-state index contributed by atoms with van der Waals surface area (Å²) in [6.07, 6.45) is 0.977. The molecule has 0 aromatic heterocycles. The van der Waals surface area contributed by atoms with E-state index in [4.69, 9.17) is 4.74 Å². The number of carbonyl (C=O) groups is 2. The fraction of sp³-hybridized carbons (Fsp3) is 0.400. The van der Waals surface area contributed by atoms with E-state index in [-0.39, 0.29) is 29.2 Å². The predicted octanol–water partition coefficient (Wildman–Crippen LogP) is -0.0646. The molecule has 8 nitrogen and oxygen atoms in total. The van der Waals surface area contributed by atoms with Gasteiger partial charge in [-0.25, -0.2) is 8.42 Å². The molecule has 1 atom stereocenters. The highest BCUT2D eigenvalue weighted by Crippen LogP contribution is 2.22. The van der Waals surface area contributed by atoms with Gasteiger partial charge in [-0.1, -0.05) is 12.1 Å². The third-order valence-corrected chi connectivity index (χ3v) is 5.03. The van der Waals surface area contributed by atoms with Crippen molar-refractivity contribution in [2.24, 2.45) is 4.99 Å². The van der Waals surface area contributed by atoms with Crippen LogP contribution in [0.1, 0.15) is 25.3 Å². The molecule has 0 unspecified atom stereocenters. The second-order valence-corrected chi connectivity index (χ2v) is 7.33. The SMILES string of the molecule is C[C@H](OC(=O)CN=C1NS(=O)(=O)c2ccccc21)C(=O)NC1CC1. The van der Waals surface area contributed by atoms with E-state index in [0.29, 0.717) is 5.56 Å². The van der Waals surface area contributed by atoms with Crippen LogP contribution in [0.3, 0.4) is 0 Å². The molecule has 0 radical (unpaired) electrons. The Morgan fingerprint density at radius 3 is 2.79 bits per heavy atom. The summed E-state index contributed by atoms with van der Waals surface area (Å²) in [7, 11) is -3.64. The zero-order valence-corrected chi connectivity index (χ0v) is 13.8. The van der Waals surface area contributed by atoms with Crippen LogP contribution in [0.25, 0.3) is 0 Å². The lowest BCUT2D eigenvalue weighted by Crippen LogP contribution is -2.37. The Balaban J connectivity index is 1.61. The van der Waals surface area contributed by atoms with Crippen molar-refractivity contribution in [3.63, 3.8) is 0 Å². The Morgan fingerprint density at radius 1 is 1.38 bits per heavy atom. The molecule has 3 rings (SSSR count). The van der Waals surface area contributed by atoms with E-state index in [2.05, 4.69) is 15.0 Å². The van der Waals surface area contributed by atoms with Crippen LogP contribution in [0, 0.1) is 0 Å². The maximum Gasteiger partial charge on any atom is 0.328 e. The van der Waals surface area contributed by atoms with Crippen molar-refractivity contribution in [1.82, 2.24) is 10.0 Å². The number of rotatable bonds is 5. The summed E-state index contributed by atoms with van der Waals surface area (Å²) in [5.74, 6) is -0.951. The summed E-state index contributed by atoms with van der Waals surface area (Å²) in [5.41, 5.74) is 0.407. The van der Waals surface area contributed by atoms with E-state index in [1.807, 2.05) is 0 Å². The maximum absolute atomic E-state index is 11.9. The van der Waals surface area contributed by atoms with Crippen molar-refractivity contribution >= 4 is 27.7 Å². The van der Waals surface area contributed by atoms with Crippen LogP contribution in [-0.2, 0) is 24.3 Å². The Hall–Kier alpha value is -2.42. The Morgan fingerprint density at radius 2 is 2.08 bits per heavy atom. The first kappa shape index (κ1) is 16.4. The van der Waals surface area contributed by atoms with Gasteiger partial charge in [0.1, 0.15) is 12.4 Å². The number of fused-ring (bicyclic) bond motifs is 1. The minimum atomic E-state index is -3.64. The number of carbonyl (C=O) groups excluding carboxylic acids is 2. The van der Waals surface area contributed by atoms with Gasteiger partial charge < -0.3 is 10.1 Å². The molecule has 24 heavy (non-hydrogen) atoms. The van der Waals surface area contributed by atoms with Gasteiger partial charge in [0.25, 0.3) is 15.9 Å². The Bertz CT molecular complexity index is 814. The molecule has 2 aliphatic rings. The van der Waals surface area contributed by atoms with Crippen molar-refractivity contribution in [2.75, 3.05) is 6.54 Å². The average molecular weight is 351 g/mol. The summed E-state index contributed by atoms with van der Waals surface area (Å²) in [5, 5.41) is 2.74. The van der Waals surface area contributed by atoms with E-state index in [1.54, 1.807) is 18.2 Å². The van der Waals surface area contributed by atoms with Crippen molar-refractivity contribution in [1.29, 1.82) is 0 Å². The van der Waals surface area contributed by atoms with Gasteiger partial charge >= 0.3 is 5.97 Å². The lowest BCUT2D eigenvalue weighted by Gasteiger charge is -2.12. The number of ether oxygens (including phenoxy) is 1. The summed E-state index contributed by atoms with van der Waals surface area (Å²) < 4.78 is 31.1. The summed E-state index contributed by atoms with van der Waals surface area (Å²) >= 11 is 0. The molecular weight excluding hydrogens is 334 g/mol. The number of amides is 1. The quantitative estimate of drug-likeness (QED) is 0.721. The van der Waals surface area contributed by atoms with Crippen LogP contribution < -0.4 is 10.0 Å². The molecule has 1 saturated carbocycles. The molecule has 0 spiro atoms. The largest absolute Gasteiger partial charge is 0.451 e. The van der Waals surface area contributed by atoms with Crippen LogP contribution in [0.5, 0.6) is 0 Å². The first-order valence-corrected chi connectivity index (χ1v) is 9.01. The molecule has 128 valence electrons. The number of hydrogen-bond acceptors (Lipinski definition) is 6. The van der Waals surface area contributed by atoms with E-state index in [9.17, 15) is 18.0 Å². The van der Waals surface area contributed by atoms with E-state index < -0.39 is 22.1 Å². The van der Waals surface area contributed by atoms with Crippen LogP contribution in [0.4, 0.5) is 0 Å². The van der Waals surface area contributed by atoms with Crippen LogP contribution in [0.2, 0.25) is 0 Å². The summed E-state index contributed by atoms with van der Waals surface area (Å²) in [6, 6.07) is 6.53. The summed E-state index contributed by atoms with van der Waals surface area (Å²) in [6.45, 7) is 1.10. The zero-order chi connectivity index (χ0) is 17.3. The van der Waals surface area contributed by atoms with Crippen molar-refractivity contribution < 1.29 is 22.7 Å². The van der Waals surface area contributed by atoms with Crippen molar-refractivity contribution in [3.8, 4) is 0 Å². The number of nitrogens with one attached hydrogen (secondary N) is 2. The normalized spacial score (nSPS) is 20.8. The average Bonchev–Trinajstić information content (AvgIpc) is 3.30. The van der Waals surface area contributed by atoms with Gasteiger partial charge in [-0.3, -0.25) is 19.3 Å². The van der Waals surface area contributed by atoms with Crippen molar-refractivity contribution in [3.05, 3.63) is 29.8 Å².